The number of halogens is 2. The van der Waals surface area contributed by atoms with Crippen molar-refractivity contribution in [2.45, 2.75) is 20.0 Å². The molecule has 0 aliphatic carbocycles. The van der Waals surface area contributed by atoms with E-state index in [0.717, 1.165) is 17.0 Å². The highest BCUT2D eigenvalue weighted by Crippen LogP contribution is 2.13. The van der Waals surface area contributed by atoms with Gasteiger partial charge in [0.2, 0.25) is 5.95 Å². The summed E-state index contributed by atoms with van der Waals surface area (Å²) in [6.45, 7) is 2.96. The first-order valence-corrected chi connectivity index (χ1v) is 6.13. The molecule has 0 saturated carbocycles. The lowest BCUT2D eigenvalue weighted by Crippen LogP contribution is -2.14. The molecular formula is C14H19ClFN3O. The Morgan fingerprint density at radius 3 is 2.40 bits per heavy atom. The summed E-state index contributed by atoms with van der Waals surface area (Å²) in [5.74, 6) is 0.553. The second kappa shape index (κ2) is 7.26. The van der Waals surface area contributed by atoms with Gasteiger partial charge in [-0.3, -0.25) is 0 Å². The monoisotopic (exact) mass is 299 g/mol. The van der Waals surface area contributed by atoms with Crippen LogP contribution in [0.2, 0.25) is 0 Å². The van der Waals surface area contributed by atoms with Crippen molar-refractivity contribution in [1.82, 2.24) is 15.1 Å². The molecule has 1 aromatic carbocycles. The molecule has 4 nitrogen and oxygen atoms in total. The molecule has 0 spiro atoms. The molecule has 0 aliphatic rings. The summed E-state index contributed by atoms with van der Waals surface area (Å²) >= 11 is 0. The van der Waals surface area contributed by atoms with Gasteiger partial charge >= 0.3 is 0 Å². The van der Waals surface area contributed by atoms with Crippen LogP contribution in [-0.2, 0) is 20.1 Å². The number of hydrogen-bond donors (Lipinski definition) is 1. The third kappa shape index (κ3) is 3.71. The van der Waals surface area contributed by atoms with Crippen molar-refractivity contribution >= 4 is 12.4 Å². The Balaban J connectivity index is 0.00000200. The van der Waals surface area contributed by atoms with Crippen LogP contribution in [0, 0.1) is 12.9 Å². The van der Waals surface area contributed by atoms with Gasteiger partial charge in [-0.25, -0.2) is 4.68 Å². The largest absolute Gasteiger partial charge is 0.497 e. The van der Waals surface area contributed by atoms with Crippen molar-refractivity contribution in [3.63, 3.8) is 0 Å². The molecule has 1 N–H and O–H groups in total. The lowest BCUT2D eigenvalue weighted by atomic mass is 10.2. The third-order valence-electron chi connectivity index (χ3n) is 3.06. The van der Waals surface area contributed by atoms with Gasteiger partial charge in [0, 0.05) is 25.7 Å². The van der Waals surface area contributed by atoms with Crippen LogP contribution in [0.25, 0.3) is 0 Å². The molecule has 2 rings (SSSR count). The van der Waals surface area contributed by atoms with E-state index < -0.39 is 0 Å². The minimum Gasteiger partial charge on any atom is -0.497 e. The fourth-order valence-electron chi connectivity index (χ4n) is 1.95. The van der Waals surface area contributed by atoms with E-state index in [0.29, 0.717) is 18.7 Å². The quantitative estimate of drug-likeness (QED) is 0.922. The first-order valence-electron chi connectivity index (χ1n) is 6.13. The molecule has 2 aromatic rings. The maximum absolute atomic E-state index is 13.7. The lowest BCUT2D eigenvalue weighted by Gasteiger charge is -2.05. The second-order valence-corrected chi connectivity index (χ2v) is 4.43. The van der Waals surface area contributed by atoms with Gasteiger partial charge in [-0.05, 0) is 24.6 Å². The molecule has 0 saturated heterocycles. The van der Waals surface area contributed by atoms with Crippen molar-refractivity contribution in [3.05, 3.63) is 47.0 Å². The van der Waals surface area contributed by atoms with Gasteiger partial charge in [-0.2, -0.15) is 9.49 Å². The van der Waals surface area contributed by atoms with E-state index in [4.69, 9.17) is 4.74 Å². The molecule has 0 amide bonds. The summed E-state index contributed by atoms with van der Waals surface area (Å²) < 4.78 is 20.1. The van der Waals surface area contributed by atoms with Gasteiger partial charge in [-0.15, -0.1) is 12.4 Å². The first kappa shape index (κ1) is 16.5. The van der Waals surface area contributed by atoms with Crippen LogP contribution in [0.4, 0.5) is 4.39 Å². The summed E-state index contributed by atoms with van der Waals surface area (Å²) in [6.07, 6.45) is 0. The van der Waals surface area contributed by atoms with Crippen LogP contribution >= 0.6 is 12.4 Å². The van der Waals surface area contributed by atoms with E-state index in [1.165, 1.54) is 4.68 Å². The molecule has 0 unspecified atom stereocenters. The van der Waals surface area contributed by atoms with E-state index in [9.17, 15) is 4.39 Å². The van der Waals surface area contributed by atoms with Crippen LogP contribution in [0.1, 0.15) is 16.8 Å². The SMILES string of the molecule is COc1ccc(CNCc2c(C)nn(C)c2F)cc1.Cl. The molecular weight excluding hydrogens is 281 g/mol. The van der Waals surface area contributed by atoms with Crippen LogP contribution in [-0.4, -0.2) is 16.9 Å². The van der Waals surface area contributed by atoms with Crippen molar-refractivity contribution in [2.75, 3.05) is 7.11 Å². The topological polar surface area (TPSA) is 39.1 Å². The third-order valence-corrected chi connectivity index (χ3v) is 3.06. The van der Waals surface area contributed by atoms with E-state index in [-0.39, 0.29) is 18.4 Å². The van der Waals surface area contributed by atoms with E-state index in [1.807, 2.05) is 31.2 Å². The van der Waals surface area contributed by atoms with Gasteiger partial charge in [0.1, 0.15) is 5.75 Å². The molecule has 0 fully saturated rings. The Kier molecular flexibility index (Phi) is 5.98. The summed E-state index contributed by atoms with van der Waals surface area (Å²) in [6, 6.07) is 7.79. The predicted molar refractivity (Wildman–Crippen MR) is 78.7 cm³/mol. The number of hydrogen-bond acceptors (Lipinski definition) is 3. The first-order chi connectivity index (χ1) is 9.11. The number of nitrogens with one attached hydrogen (secondary N) is 1. The summed E-state index contributed by atoms with van der Waals surface area (Å²) in [4.78, 5) is 0. The Morgan fingerprint density at radius 1 is 1.25 bits per heavy atom. The molecule has 0 bridgehead atoms. The number of benzene rings is 1. The van der Waals surface area contributed by atoms with Crippen molar-refractivity contribution < 1.29 is 9.13 Å². The number of methoxy groups -OCH3 is 1. The van der Waals surface area contributed by atoms with Gasteiger partial charge in [0.25, 0.3) is 0 Å². The van der Waals surface area contributed by atoms with Crippen LogP contribution in [0.3, 0.4) is 0 Å². The highest BCUT2D eigenvalue weighted by molar-refractivity contribution is 5.85. The molecule has 0 aliphatic heterocycles. The molecule has 6 heteroatoms. The Labute approximate surface area is 124 Å². The molecule has 1 heterocycles. The van der Waals surface area contributed by atoms with Gasteiger partial charge in [0.15, 0.2) is 0 Å². The smallest absolute Gasteiger partial charge is 0.215 e. The van der Waals surface area contributed by atoms with Gasteiger partial charge in [-0.1, -0.05) is 12.1 Å². The number of aromatic nitrogens is 2. The summed E-state index contributed by atoms with van der Waals surface area (Å²) in [5.41, 5.74) is 2.47. The van der Waals surface area contributed by atoms with Crippen LogP contribution in [0.5, 0.6) is 5.75 Å². The standard InChI is InChI=1S/C14H18FN3O.ClH/c1-10-13(14(15)18(2)17-10)9-16-8-11-4-6-12(19-3)7-5-11;/h4-7,16H,8-9H2,1-3H3;1H. The van der Waals surface area contributed by atoms with Crippen molar-refractivity contribution in [1.29, 1.82) is 0 Å². The molecule has 1 aromatic heterocycles. The fourth-order valence-corrected chi connectivity index (χ4v) is 1.95. The van der Waals surface area contributed by atoms with Gasteiger partial charge < -0.3 is 10.1 Å². The molecule has 20 heavy (non-hydrogen) atoms. The zero-order chi connectivity index (χ0) is 13.8. The summed E-state index contributed by atoms with van der Waals surface area (Å²) in [7, 11) is 3.25. The zero-order valence-corrected chi connectivity index (χ0v) is 12.6. The maximum atomic E-state index is 13.7. The van der Waals surface area contributed by atoms with E-state index in [1.54, 1.807) is 14.2 Å². The van der Waals surface area contributed by atoms with Crippen LogP contribution < -0.4 is 10.1 Å². The van der Waals surface area contributed by atoms with E-state index >= 15 is 0 Å². The number of aryl methyl sites for hydroxylation is 2. The molecule has 110 valence electrons. The van der Waals surface area contributed by atoms with Crippen molar-refractivity contribution in [3.8, 4) is 5.75 Å². The number of rotatable bonds is 5. The summed E-state index contributed by atoms with van der Waals surface area (Å²) in [5, 5.41) is 7.26. The highest BCUT2D eigenvalue weighted by Gasteiger charge is 2.11. The minimum atomic E-state index is -0.278. The minimum absolute atomic E-state index is 0. The Bertz CT molecular complexity index is 554. The normalized spacial score (nSPS) is 10.2. The predicted octanol–water partition coefficient (Wildman–Crippen LogP) is 2.59. The average Bonchev–Trinajstić information content (AvgIpc) is 2.66. The highest BCUT2D eigenvalue weighted by atomic mass is 35.5. The van der Waals surface area contributed by atoms with Crippen LogP contribution in [0.15, 0.2) is 24.3 Å². The fraction of sp³-hybridized carbons (Fsp3) is 0.357. The lowest BCUT2D eigenvalue weighted by molar-refractivity contribution is 0.414. The number of nitrogens with zero attached hydrogens (tertiary/aromatic N) is 2. The molecule has 0 radical (unpaired) electrons. The van der Waals surface area contributed by atoms with Crippen molar-refractivity contribution in [2.24, 2.45) is 7.05 Å². The molecule has 0 atom stereocenters. The Morgan fingerprint density at radius 2 is 1.90 bits per heavy atom. The maximum Gasteiger partial charge on any atom is 0.215 e. The second-order valence-electron chi connectivity index (χ2n) is 4.43. The zero-order valence-electron chi connectivity index (χ0n) is 11.8. The Hall–Kier alpha value is -1.59. The number of ether oxygens (including phenoxy) is 1. The van der Waals surface area contributed by atoms with Gasteiger partial charge in [0.05, 0.1) is 12.8 Å². The van der Waals surface area contributed by atoms with E-state index in [2.05, 4.69) is 10.4 Å². The average molecular weight is 300 g/mol.